The normalized spacial score (nSPS) is 13.8. The zero-order valence-corrected chi connectivity index (χ0v) is 9.21. The topological polar surface area (TPSA) is 62.2 Å². The molecule has 16 heavy (non-hydrogen) atoms. The lowest BCUT2D eigenvalue weighted by Gasteiger charge is -2.05. The molecule has 1 aromatic carbocycles. The number of nitrogens with two attached hydrogens (primary N) is 1. The molecule has 3 N–H and O–H groups in total. The molecule has 0 unspecified atom stereocenters. The number of hydrogen-bond acceptors (Lipinski definition) is 3. The predicted molar refractivity (Wildman–Crippen MR) is 67.3 cm³/mol. The van der Waals surface area contributed by atoms with E-state index in [4.69, 9.17) is 11.1 Å². The van der Waals surface area contributed by atoms with Gasteiger partial charge in [-0.3, -0.25) is 5.41 Å². The molecule has 0 radical (unpaired) electrons. The zero-order chi connectivity index (χ0) is 11.1. The van der Waals surface area contributed by atoms with Crippen LogP contribution in [-0.2, 0) is 0 Å². The molecule has 78 valence electrons. The Morgan fingerprint density at radius 3 is 2.69 bits per heavy atom. The third-order valence-electron chi connectivity index (χ3n) is 2.59. The van der Waals surface area contributed by atoms with Gasteiger partial charge in [0.05, 0.1) is 0 Å². The fourth-order valence-electron chi connectivity index (χ4n) is 1.90. The summed E-state index contributed by atoms with van der Waals surface area (Å²) < 4.78 is 0. The van der Waals surface area contributed by atoms with E-state index in [9.17, 15) is 0 Å². The van der Waals surface area contributed by atoms with Crippen molar-refractivity contribution in [1.82, 2.24) is 0 Å². The lowest BCUT2D eigenvalue weighted by molar-refractivity contribution is 1.45. The van der Waals surface area contributed by atoms with Crippen LogP contribution in [0.5, 0.6) is 0 Å². The molecule has 1 aromatic heterocycles. The smallest absolute Gasteiger partial charge is 0.154 e. The van der Waals surface area contributed by atoms with E-state index in [0.29, 0.717) is 5.84 Å². The van der Waals surface area contributed by atoms with Gasteiger partial charge in [0.25, 0.3) is 0 Å². The van der Waals surface area contributed by atoms with Crippen molar-refractivity contribution in [2.75, 3.05) is 0 Å². The van der Waals surface area contributed by atoms with Crippen molar-refractivity contribution in [3.05, 3.63) is 46.8 Å². The third kappa shape index (κ3) is 1.20. The minimum absolute atomic E-state index is 0.255. The van der Waals surface area contributed by atoms with Crippen LogP contribution in [-0.4, -0.2) is 11.7 Å². The molecule has 0 bridgehead atoms. The van der Waals surface area contributed by atoms with Gasteiger partial charge in [-0.2, -0.15) is 0 Å². The number of rotatable bonds is 1. The maximum atomic E-state index is 7.72. The van der Waals surface area contributed by atoms with Crippen LogP contribution < -0.4 is 5.73 Å². The first-order valence-corrected chi connectivity index (χ1v) is 5.75. The van der Waals surface area contributed by atoms with Crippen LogP contribution in [0.2, 0.25) is 0 Å². The van der Waals surface area contributed by atoms with Gasteiger partial charge in [-0.25, -0.2) is 4.99 Å². The second kappa shape index (κ2) is 3.28. The van der Waals surface area contributed by atoms with Crippen molar-refractivity contribution < 1.29 is 0 Å². The molecule has 0 atom stereocenters. The highest BCUT2D eigenvalue weighted by atomic mass is 32.1. The number of nitrogens with one attached hydrogen (secondary N) is 1. The summed E-state index contributed by atoms with van der Waals surface area (Å²) in [5, 5.41) is 9.75. The van der Waals surface area contributed by atoms with Gasteiger partial charge in [-0.05, 0) is 11.4 Å². The first kappa shape index (κ1) is 9.30. The van der Waals surface area contributed by atoms with Gasteiger partial charge in [-0.1, -0.05) is 24.3 Å². The maximum Gasteiger partial charge on any atom is 0.154 e. The van der Waals surface area contributed by atoms with Crippen molar-refractivity contribution in [3.63, 3.8) is 0 Å². The van der Waals surface area contributed by atoms with E-state index >= 15 is 0 Å². The van der Waals surface area contributed by atoms with E-state index in [1.807, 2.05) is 29.6 Å². The zero-order valence-electron chi connectivity index (χ0n) is 8.40. The Bertz CT molecular complexity index is 597. The van der Waals surface area contributed by atoms with Crippen LogP contribution in [0.25, 0.3) is 10.4 Å². The number of nitrogens with zero attached hydrogens (tertiary/aromatic N) is 1. The monoisotopic (exact) mass is 227 g/mol. The quantitative estimate of drug-likeness (QED) is 0.772. The third-order valence-corrected chi connectivity index (χ3v) is 3.50. The van der Waals surface area contributed by atoms with E-state index in [0.717, 1.165) is 21.6 Å². The van der Waals surface area contributed by atoms with Crippen LogP contribution in [0.4, 0.5) is 0 Å². The highest BCUT2D eigenvalue weighted by Crippen LogP contribution is 2.32. The maximum absolute atomic E-state index is 7.72. The molecule has 2 aromatic rings. The number of hydrogen-bond donors (Lipinski definition) is 2. The summed E-state index contributed by atoms with van der Waals surface area (Å²) in [4.78, 5) is 5.17. The number of benzene rings is 1. The lowest BCUT2D eigenvalue weighted by Crippen LogP contribution is -2.11. The average molecular weight is 227 g/mol. The second-order valence-electron chi connectivity index (χ2n) is 3.55. The van der Waals surface area contributed by atoms with Crippen molar-refractivity contribution in [2.24, 2.45) is 10.7 Å². The lowest BCUT2D eigenvalue weighted by atomic mass is 10.0. The number of fused-ring (bicyclic) bond motifs is 1. The molecule has 2 heterocycles. The molecule has 0 aliphatic carbocycles. The van der Waals surface area contributed by atoms with Gasteiger partial charge in [-0.15, -0.1) is 11.3 Å². The summed E-state index contributed by atoms with van der Waals surface area (Å²) in [5.41, 5.74) is 8.64. The highest BCUT2D eigenvalue weighted by Gasteiger charge is 2.22. The van der Waals surface area contributed by atoms with Crippen LogP contribution in [0.15, 0.2) is 40.7 Å². The minimum Gasteiger partial charge on any atom is -0.383 e. The van der Waals surface area contributed by atoms with Gasteiger partial charge in [0.15, 0.2) is 5.84 Å². The Hall–Kier alpha value is -1.94. The predicted octanol–water partition coefficient (Wildman–Crippen LogP) is 2.46. The summed E-state index contributed by atoms with van der Waals surface area (Å²) in [5.74, 6) is 0.704. The van der Waals surface area contributed by atoms with Crippen LogP contribution in [0, 0.1) is 5.41 Å². The summed E-state index contributed by atoms with van der Waals surface area (Å²) >= 11 is 1.66. The van der Waals surface area contributed by atoms with E-state index in [1.54, 1.807) is 11.3 Å². The van der Waals surface area contributed by atoms with Crippen molar-refractivity contribution in [1.29, 1.82) is 5.41 Å². The first-order chi connectivity index (χ1) is 7.77. The van der Waals surface area contributed by atoms with Gasteiger partial charge in [0, 0.05) is 21.6 Å². The second-order valence-corrected chi connectivity index (χ2v) is 4.50. The summed E-state index contributed by atoms with van der Waals surface area (Å²) in [6, 6.07) is 9.91. The molecular formula is C12H9N3S. The molecule has 3 nitrogen and oxygen atoms in total. The molecule has 0 fully saturated rings. The fourth-order valence-corrected chi connectivity index (χ4v) is 2.66. The van der Waals surface area contributed by atoms with Crippen LogP contribution in [0.1, 0.15) is 11.1 Å². The SMILES string of the molecule is N=C1N=C(N)c2c1cccc2-c1cccs1. The van der Waals surface area contributed by atoms with Crippen molar-refractivity contribution in [3.8, 4) is 10.4 Å². The Kier molecular flexibility index (Phi) is 1.91. The van der Waals surface area contributed by atoms with Crippen LogP contribution in [0.3, 0.4) is 0 Å². The number of thiophene rings is 1. The average Bonchev–Trinajstić information content (AvgIpc) is 2.88. The van der Waals surface area contributed by atoms with E-state index < -0.39 is 0 Å². The van der Waals surface area contributed by atoms with Crippen LogP contribution >= 0.6 is 11.3 Å². The van der Waals surface area contributed by atoms with Crippen molar-refractivity contribution in [2.45, 2.75) is 0 Å². The van der Waals surface area contributed by atoms with Crippen molar-refractivity contribution >= 4 is 23.0 Å². The van der Waals surface area contributed by atoms with E-state index in [2.05, 4.69) is 11.1 Å². The Labute approximate surface area is 96.8 Å². The van der Waals surface area contributed by atoms with Gasteiger partial charge < -0.3 is 5.73 Å². The molecule has 1 aliphatic rings. The highest BCUT2D eigenvalue weighted by molar-refractivity contribution is 7.13. The molecule has 0 saturated carbocycles. The molecule has 0 saturated heterocycles. The summed E-state index contributed by atoms with van der Waals surface area (Å²) in [6.07, 6.45) is 0. The Balaban J connectivity index is 2.30. The molecular weight excluding hydrogens is 218 g/mol. The molecule has 4 heteroatoms. The summed E-state index contributed by atoms with van der Waals surface area (Å²) in [6.45, 7) is 0. The Morgan fingerprint density at radius 1 is 1.12 bits per heavy atom. The molecule has 1 aliphatic heterocycles. The first-order valence-electron chi connectivity index (χ1n) is 4.88. The number of amidine groups is 2. The standard InChI is InChI=1S/C12H9N3S/c13-11-8-4-1-3-7(9-5-2-6-16-9)10(8)12(14)15-11/h1-6H,(H3,13,14,15). The van der Waals surface area contributed by atoms with E-state index in [1.165, 1.54) is 0 Å². The van der Waals surface area contributed by atoms with Gasteiger partial charge in [0.1, 0.15) is 5.84 Å². The minimum atomic E-state index is 0.255. The molecule has 3 rings (SSSR count). The van der Waals surface area contributed by atoms with Gasteiger partial charge in [0.2, 0.25) is 0 Å². The Morgan fingerprint density at radius 2 is 1.94 bits per heavy atom. The van der Waals surface area contributed by atoms with Gasteiger partial charge >= 0.3 is 0 Å². The molecule has 0 amide bonds. The van der Waals surface area contributed by atoms with E-state index in [-0.39, 0.29) is 5.84 Å². The summed E-state index contributed by atoms with van der Waals surface area (Å²) in [7, 11) is 0. The number of aliphatic imine (C=N–C) groups is 1. The largest absolute Gasteiger partial charge is 0.383 e. The molecule has 0 spiro atoms. The fraction of sp³-hybridized carbons (Fsp3) is 0.